The van der Waals surface area contributed by atoms with Gasteiger partial charge in [0.25, 0.3) is 0 Å². The van der Waals surface area contributed by atoms with Crippen molar-refractivity contribution in [1.82, 2.24) is 9.97 Å². The molecule has 0 aliphatic rings. The second-order valence-corrected chi connectivity index (χ2v) is 6.45. The second kappa shape index (κ2) is 7.62. The molecule has 4 nitrogen and oxygen atoms in total. The standard InChI is InChI=1S/C17H17ClN2O2S/c1-21-13-4-2-5-14(11-13)22-8-3-9-23-17-19-15-7-6-12(18)10-16(15)20-17/h2,4-7,10-11H,3,8-9H2,1H3,(H,19,20). The van der Waals surface area contributed by atoms with Gasteiger partial charge in [-0.25, -0.2) is 4.98 Å². The van der Waals surface area contributed by atoms with Crippen LogP contribution in [0.25, 0.3) is 11.0 Å². The van der Waals surface area contributed by atoms with Crippen LogP contribution < -0.4 is 9.47 Å². The fourth-order valence-electron chi connectivity index (χ4n) is 2.14. The first-order valence-electron chi connectivity index (χ1n) is 7.29. The number of ether oxygens (including phenoxy) is 2. The number of halogens is 1. The van der Waals surface area contributed by atoms with Gasteiger partial charge in [0, 0.05) is 16.8 Å². The number of aromatic amines is 1. The minimum Gasteiger partial charge on any atom is -0.497 e. The first-order valence-corrected chi connectivity index (χ1v) is 8.66. The maximum Gasteiger partial charge on any atom is 0.166 e. The molecule has 0 amide bonds. The average molecular weight is 349 g/mol. The molecular formula is C17H17ClN2O2S. The summed E-state index contributed by atoms with van der Waals surface area (Å²) in [6, 6.07) is 13.3. The molecule has 0 aliphatic heterocycles. The molecule has 6 heteroatoms. The molecule has 0 saturated carbocycles. The number of thioether (sulfide) groups is 1. The Labute approximate surface area is 144 Å². The third kappa shape index (κ3) is 4.33. The zero-order valence-corrected chi connectivity index (χ0v) is 14.3. The summed E-state index contributed by atoms with van der Waals surface area (Å²) in [5.74, 6) is 2.56. The van der Waals surface area contributed by atoms with Gasteiger partial charge in [0.15, 0.2) is 5.16 Å². The highest BCUT2D eigenvalue weighted by molar-refractivity contribution is 7.99. The Morgan fingerprint density at radius 2 is 2.04 bits per heavy atom. The lowest BCUT2D eigenvalue weighted by Gasteiger charge is -2.07. The summed E-state index contributed by atoms with van der Waals surface area (Å²) in [6.45, 7) is 0.659. The lowest BCUT2D eigenvalue weighted by molar-refractivity contribution is 0.316. The van der Waals surface area contributed by atoms with Gasteiger partial charge in [-0.05, 0) is 36.8 Å². The highest BCUT2D eigenvalue weighted by atomic mass is 35.5. The number of benzene rings is 2. The van der Waals surface area contributed by atoms with Crippen LogP contribution in [0.1, 0.15) is 6.42 Å². The van der Waals surface area contributed by atoms with E-state index in [4.69, 9.17) is 21.1 Å². The van der Waals surface area contributed by atoms with E-state index in [1.807, 2.05) is 42.5 Å². The van der Waals surface area contributed by atoms with Crippen LogP contribution in [0.3, 0.4) is 0 Å². The van der Waals surface area contributed by atoms with Crippen LogP contribution in [0.2, 0.25) is 5.02 Å². The van der Waals surface area contributed by atoms with Crippen molar-refractivity contribution in [3.05, 3.63) is 47.5 Å². The van der Waals surface area contributed by atoms with Crippen molar-refractivity contribution in [2.75, 3.05) is 19.5 Å². The molecule has 120 valence electrons. The highest BCUT2D eigenvalue weighted by Gasteiger charge is 2.04. The first-order chi connectivity index (χ1) is 11.2. The number of nitrogens with zero attached hydrogens (tertiary/aromatic N) is 1. The normalized spacial score (nSPS) is 10.9. The molecule has 0 atom stereocenters. The average Bonchev–Trinajstić information content (AvgIpc) is 2.96. The van der Waals surface area contributed by atoms with Crippen molar-refractivity contribution < 1.29 is 9.47 Å². The fraction of sp³-hybridized carbons (Fsp3) is 0.235. The predicted molar refractivity (Wildman–Crippen MR) is 94.9 cm³/mol. The molecule has 0 saturated heterocycles. The second-order valence-electron chi connectivity index (χ2n) is 4.93. The highest BCUT2D eigenvalue weighted by Crippen LogP contribution is 2.23. The topological polar surface area (TPSA) is 47.1 Å². The molecular weight excluding hydrogens is 332 g/mol. The van der Waals surface area contributed by atoms with E-state index in [0.717, 1.165) is 39.9 Å². The molecule has 0 radical (unpaired) electrons. The van der Waals surface area contributed by atoms with E-state index in [2.05, 4.69) is 9.97 Å². The molecule has 3 rings (SSSR count). The van der Waals surface area contributed by atoms with Crippen molar-refractivity contribution in [3.63, 3.8) is 0 Å². The van der Waals surface area contributed by atoms with Crippen LogP contribution >= 0.6 is 23.4 Å². The summed E-state index contributed by atoms with van der Waals surface area (Å²) >= 11 is 7.65. The van der Waals surface area contributed by atoms with Crippen molar-refractivity contribution in [2.45, 2.75) is 11.6 Å². The summed E-state index contributed by atoms with van der Waals surface area (Å²) in [4.78, 5) is 7.79. The molecule has 3 aromatic rings. The largest absolute Gasteiger partial charge is 0.497 e. The molecule has 1 aromatic heterocycles. The van der Waals surface area contributed by atoms with Gasteiger partial charge in [-0.1, -0.05) is 29.4 Å². The lowest BCUT2D eigenvalue weighted by Crippen LogP contribution is -1.99. The SMILES string of the molecule is COc1cccc(OCCCSc2nc3ccc(Cl)cc3[nH]2)c1. The van der Waals surface area contributed by atoms with Crippen LogP contribution in [0.4, 0.5) is 0 Å². The van der Waals surface area contributed by atoms with Crippen molar-refractivity contribution in [1.29, 1.82) is 0 Å². The summed E-state index contributed by atoms with van der Waals surface area (Å²) < 4.78 is 10.9. The summed E-state index contributed by atoms with van der Waals surface area (Å²) in [5, 5.41) is 1.62. The molecule has 0 unspecified atom stereocenters. The van der Waals surface area contributed by atoms with Crippen LogP contribution in [0.5, 0.6) is 11.5 Å². The Morgan fingerprint density at radius 3 is 2.91 bits per heavy atom. The van der Waals surface area contributed by atoms with Gasteiger partial charge in [-0.3, -0.25) is 0 Å². The van der Waals surface area contributed by atoms with Crippen LogP contribution in [0.15, 0.2) is 47.6 Å². The summed E-state index contributed by atoms with van der Waals surface area (Å²) in [5.41, 5.74) is 1.90. The number of hydrogen-bond donors (Lipinski definition) is 1. The Balaban J connectivity index is 1.45. The number of methoxy groups -OCH3 is 1. The molecule has 1 N–H and O–H groups in total. The first kappa shape index (κ1) is 16.0. The van der Waals surface area contributed by atoms with Crippen molar-refractivity contribution in [2.24, 2.45) is 0 Å². The molecule has 23 heavy (non-hydrogen) atoms. The Morgan fingerprint density at radius 1 is 1.17 bits per heavy atom. The monoisotopic (exact) mass is 348 g/mol. The van der Waals surface area contributed by atoms with Gasteiger partial charge >= 0.3 is 0 Å². The van der Waals surface area contributed by atoms with Crippen LogP contribution in [-0.2, 0) is 0 Å². The van der Waals surface area contributed by atoms with Crippen LogP contribution in [0, 0.1) is 0 Å². The number of hydrogen-bond acceptors (Lipinski definition) is 4. The minimum absolute atomic E-state index is 0.659. The van der Waals surface area contributed by atoms with Crippen molar-refractivity contribution >= 4 is 34.4 Å². The zero-order valence-electron chi connectivity index (χ0n) is 12.7. The maximum absolute atomic E-state index is 5.97. The third-order valence-electron chi connectivity index (χ3n) is 3.26. The molecule has 0 fully saturated rings. The molecule has 1 heterocycles. The van der Waals surface area contributed by atoms with Gasteiger partial charge in [-0.2, -0.15) is 0 Å². The summed E-state index contributed by atoms with van der Waals surface area (Å²) in [7, 11) is 1.65. The van der Waals surface area contributed by atoms with Crippen molar-refractivity contribution in [3.8, 4) is 11.5 Å². The van der Waals surface area contributed by atoms with E-state index in [-0.39, 0.29) is 0 Å². The van der Waals surface area contributed by atoms with Gasteiger partial charge in [0.05, 0.1) is 24.8 Å². The number of nitrogens with one attached hydrogen (secondary N) is 1. The van der Waals surface area contributed by atoms with E-state index in [0.29, 0.717) is 11.6 Å². The molecule has 0 aliphatic carbocycles. The van der Waals surface area contributed by atoms with E-state index in [9.17, 15) is 0 Å². The molecule has 2 aromatic carbocycles. The fourth-order valence-corrected chi connectivity index (χ4v) is 3.11. The number of imidazole rings is 1. The maximum atomic E-state index is 5.97. The van der Waals surface area contributed by atoms with E-state index in [1.54, 1.807) is 18.9 Å². The molecule has 0 spiro atoms. The van der Waals surface area contributed by atoms with E-state index >= 15 is 0 Å². The van der Waals surface area contributed by atoms with E-state index < -0.39 is 0 Å². The van der Waals surface area contributed by atoms with Gasteiger partial charge in [0.1, 0.15) is 11.5 Å². The minimum atomic E-state index is 0.659. The Bertz CT molecular complexity index is 791. The molecule has 0 bridgehead atoms. The van der Waals surface area contributed by atoms with Gasteiger partial charge < -0.3 is 14.5 Å². The predicted octanol–water partition coefficient (Wildman–Crippen LogP) is 4.79. The smallest absolute Gasteiger partial charge is 0.166 e. The third-order valence-corrected chi connectivity index (χ3v) is 4.45. The quantitative estimate of drug-likeness (QED) is 0.492. The van der Waals surface area contributed by atoms with Crippen LogP contribution in [-0.4, -0.2) is 29.4 Å². The number of fused-ring (bicyclic) bond motifs is 1. The van der Waals surface area contributed by atoms with Gasteiger partial charge in [-0.15, -0.1) is 0 Å². The lowest BCUT2D eigenvalue weighted by atomic mass is 10.3. The number of H-pyrrole nitrogens is 1. The summed E-state index contributed by atoms with van der Waals surface area (Å²) in [6.07, 6.45) is 0.930. The van der Waals surface area contributed by atoms with E-state index in [1.165, 1.54) is 0 Å². The number of aromatic nitrogens is 2. The number of rotatable bonds is 7. The Kier molecular flexibility index (Phi) is 5.31. The zero-order chi connectivity index (χ0) is 16.1. The van der Waals surface area contributed by atoms with Gasteiger partial charge in [0.2, 0.25) is 0 Å². The Hall–Kier alpha value is -1.85.